The number of rotatable bonds is 3. The van der Waals surface area contributed by atoms with E-state index < -0.39 is 6.23 Å². The summed E-state index contributed by atoms with van der Waals surface area (Å²) in [6.07, 6.45) is 5.37. The number of carbonyl (C=O) groups excluding carboxylic acids is 1. The molecule has 2 saturated heterocycles. The van der Waals surface area contributed by atoms with E-state index >= 15 is 0 Å². The molecule has 8 atom stereocenters. The molecular weight excluding hydrogens is 310 g/mol. The second-order valence-electron chi connectivity index (χ2n) is 7.68. The Balaban J connectivity index is 1.29. The molecule has 136 valence electrons. The Morgan fingerprint density at radius 1 is 1.08 bits per heavy atom. The molecule has 4 aliphatic rings. The Hall–Kier alpha value is -0.770. The maximum atomic E-state index is 12.4. The van der Waals surface area contributed by atoms with Gasteiger partial charge in [0.2, 0.25) is 6.23 Å². The Morgan fingerprint density at radius 3 is 2.62 bits per heavy atom. The zero-order valence-corrected chi connectivity index (χ0v) is 14.4. The molecule has 2 aliphatic heterocycles. The van der Waals surface area contributed by atoms with Crippen molar-refractivity contribution in [1.82, 2.24) is 27.0 Å². The molecule has 4 rings (SSSR count). The van der Waals surface area contributed by atoms with E-state index in [1.54, 1.807) is 0 Å². The number of nitrogens with one attached hydrogen (secondary N) is 5. The van der Waals surface area contributed by atoms with Crippen molar-refractivity contribution < 1.29 is 14.4 Å². The number of hydrogen-bond donors (Lipinski definition) is 5. The van der Waals surface area contributed by atoms with Crippen molar-refractivity contribution in [1.29, 1.82) is 0 Å². The standard InChI is InChI=1S/C16H29N5O3/c1-8-17-15(24-21-8)11-3-5-12-10(7-11)4-6-13(12)18-14(22)16-20-19-9(2)23-16/h8-13,15-17,19-21H,3-7H2,1-2H3,(H,18,22)/t8?,9?,10?,11?,12?,13-,15?,16?/m1/s1. The summed E-state index contributed by atoms with van der Waals surface area (Å²) in [4.78, 5) is 18.0. The van der Waals surface area contributed by atoms with Gasteiger partial charge in [-0.05, 0) is 57.8 Å². The van der Waals surface area contributed by atoms with E-state index in [0.717, 1.165) is 19.3 Å². The van der Waals surface area contributed by atoms with Crippen molar-refractivity contribution in [2.24, 2.45) is 17.8 Å². The minimum atomic E-state index is -0.584. The third kappa shape index (κ3) is 3.31. The van der Waals surface area contributed by atoms with Gasteiger partial charge in [0.05, 0.1) is 6.17 Å². The summed E-state index contributed by atoms with van der Waals surface area (Å²) in [5.74, 6) is 1.77. The summed E-state index contributed by atoms with van der Waals surface area (Å²) in [5, 5.41) is 6.66. The lowest BCUT2D eigenvalue weighted by molar-refractivity contribution is -0.133. The van der Waals surface area contributed by atoms with Gasteiger partial charge in [-0.1, -0.05) is 0 Å². The first-order valence-corrected chi connectivity index (χ1v) is 9.24. The highest BCUT2D eigenvalue weighted by atomic mass is 16.7. The van der Waals surface area contributed by atoms with E-state index in [2.05, 4.69) is 33.9 Å². The second kappa shape index (κ2) is 6.86. The molecule has 0 bridgehead atoms. The second-order valence-corrected chi connectivity index (χ2v) is 7.68. The molecule has 4 fully saturated rings. The largest absolute Gasteiger partial charge is 0.350 e. The molecule has 2 saturated carbocycles. The summed E-state index contributed by atoms with van der Waals surface area (Å²) in [6.45, 7) is 3.95. The third-order valence-electron chi connectivity index (χ3n) is 5.98. The van der Waals surface area contributed by atoms with Crippen LogP contribution >= 0.6 is 0 Å². The lowest BCUT2D eigenvalue weighted by atomic mass is 9.74. The van der Waals surface area contributed by atoms with Crippen LogP contribution in [-0.4, -0.2) is 36.8 Å². The van der Waals surface area contributed by atoms with Crippen LogP contribution in [0, 0.1) is 17.8 Å². The zero-order valence-electron chi connectivity index (χ0n) is 14.4. The fraction of sp³-hybridized carbons (Fsp3) is 0.938. The summed E-state index contributed by atoms with van der Waals surface area (Å²) in [6, 6.07) is 0.277. The minimum Gasteiger partial charge on any atom is -0.350 e. The molecule has 0 aromatic rings. The molecule has 8 nitrogen and oxygen atoms in total. The number of carbonyl (C=O) groups is 1. The van der Waals surface area contributed by atoms with Gasteiger partial charge >= 0.3 is 0 Å². The van der Waals surface area contributed by atoms with Gasteiger partial charge in [0, 0.05) is 12.0 Å². The van der Waals surface area contributed by atoms with E-state index in [1.165, 1.54) is 12.8 Å². The van der Waals surface area contributed by atoms with Crippen molar-refractivity contribution >= 4 is 5.91 Å². The van der Waals surface area contributed by atoms with Crippen molar-refractivity contribution in [3.05, 3.63) is 0 Å². The lowest BCUT2D eigenvalue weighted by Crippen LogP contribution is -2.49. The number of hydrogen-bond acceptors (Lipinski definition) is 7. The van der Waals surface area contributed by atoms with E-state index in [-0.39, 0.29) is 30.6 Å². The average Bonchev–Trinajstić information content (AvgIpc) is 3.28. The third-order valence-corrected chi connectivity index (χ3v) is 5.98. The van der Waals surface area contributed by atoms with Gasteiger partial charge in [-0.25, -0.2) is 10.9 Å². The summed E-state index contributed by atoms with van der Waals surface area (Å²) >= 11 is 0. The Labute approximate surface area is 142 Å². The van der Waals surface area contributed by atoms with Crippen molar-refractivity contribution in [2.45, 2.75) is 76.8 Å². The monoisotopic (exact) mass is 339 g/mol. The van der Waals surface area contributed by atoms with Crippen LogP contribution in [0.25, 0.3) is 0 Å². The van der Waals surface area contributed by atoms with Gasteiger partial charge in [-0.2, -0.15) is 5.48 Å². The average molecular weight is 339 g/mol. The molecule has 2 heterocycles. The van der Waals surface area contributed by atoms with Crippen molar-refractivity contribution in [3.63, 3.8) is 0 Å². The van der Waals surface area contributed by atoms with Gasteiger partial charge in [0.1, 0.15) is 12.5 Å². The van der Waals surface area contributed by atoms with Crippen LogP contribution in [0.1, 0.15) is 46.0 Å². The molecule has 8 heteroatoms. The van der Waals surface area contributed by atoms with Gasteiger partial charge in [0.25, 0.3) is 5.91 Å². The van der Waals surface area contributed by atoms with Crippen LogP contribution in [0.2, 0.25) is 0 Å². The highest BCUT2D eigenvalue weighted by Gasteiger charge is 2.44. The fourth-order valence-electron chi connectivity index (χ4n) is 4.82. The van der Waals surface area contributed by atoms with Crippen molar-refractivity contribution in [3.8, 4) is 0 Å². The topological polar surface area (TPSA) is 95.7 Å². The maximum absolute atomic E-state index is 12.4. The van der Waals surface area contributed by atoms with Crippen LogP contribution < -0.4 is 27.0 Å². The molecule has 0 spiro atoms. The Morgan fingerprint density at radius 2 is 1.92 bits per heavy atom. The van der Waals surface area contributed by atoms with E-state index in [9.17, 15) is 4.79 Å². The lowest BCUT2D eigenvalue weighted by Gasteiger charge is -2.36. The van der Waals surface area contributed by atoms with Crippen molar-refractivity contribution in [2.75, 3.05) is 0 Å². The quantitative estimate of drug-likeness (QED) is 0.490. The van der Waals surface area contributed by atoms with Crippen LogP contribution in [-0.2, 0) is 14.4 Å². The summed E-state index contributed by atoms with van der Waals surface area (Å²) in [5.41, 5.74) is 8.80. The first kappa shape index (κ1) is 16.7. The van der Waals surface area contributed by atoms with Gasteiger partial charge in [-0.15, -0.1) is 0 Å². The van der Waals surface area contributed by atoms with E-state index in [1.807, 2.05) is 6.92 Å². The van der Waals surface area contributed by atoms with Crippen LogP contribution in [0.3, 0.4) is 0 Å². The van der Waals surface area contributed by atoms with E-state index in [0.29, 0.717) is 17.8 Å². The summed E-state index contributed by atoms with van der Waals surface area (Å²) < 4.78 is 5.50. The zero-order chi connectivity index (χ0) is 16.7. The molecule has 24 heavy (non-hydrogen) atoms. The molecule has 5 N–H and O–H groups in total. The van der Waals surface area contributed by atoms with Crippen LogP contribution in [0.15, 0.2) is 0 Å². The highest BCUT2D eigenvalue weighted by molar-refractivity contribution is 5.80. The first-order chi connectivity index (χ1) is 11.6. The molecule has 0 aromatic heterocycles. The Bertz CT molecular complexity index is 479. The molecule has 1 amide bonds. The predicted octanol–water partition coefficient (Wildman–Crippen LogP) is -0.109. The molecule has 0 aromatic carbocycles. The van der Waals surface area contributed by atoms with Gasteiger partial charge in [0.15, 0.2) is 0 Å². The smallest absolute Gasteiger partial charge is 0.265 e. The molecule has 7 unspecified atom stereocenters. The number of hydroxylamine groups is 1. The van der Waals surface area contributed by atoms with Gasteiger partial charge in [-0.3, -0.25) is 14.9 Å². The Kier molecular flexibility index (Phi) is 4.77. The molecule has 0 radical (unpaired) electrons. The molecule has 2 aliphatic carbocycles. The predicted molar refractivity (Wildman–Crippen MR) is 86.7 cm³/mol. The normalized spacial score (nSPS) is 48.4. The highest BCUT2D eigenvalue weighted by Crippen LogP contribution is 2.45. The fourth-order valence-corrected chi connectivity index (χ4v) is 4.82. The van der Waals surface area contributed by atoms with Crippen LogP contribution in [0.4, 0.5) is 0 Å². The molecular formula is C16H29N5O3. The number of amides is 1. The maximum Gasteiger partial charge on any atom is 0.265 e. The minimum absolute atomic E-state index is 0.0570. The number of hydrazine groups is 1. The number of fused-ring (bicyclic) bond motifs is 1. The number of ether oxygens (including phenoxy) is 1. The van der Waals surface area contributed by atoms with Gasteiger partial charge < -0.3 is 10.1 Å². The van der Waals surface area contributed by atoms with E-state index in [4.69, 9.17) is 9.57 Å². The summed E-state index contributed by atoms with van der Waals surface area (Å²) in [7, 11) is 0. The van der Waals surface area contributed by atoms with Crippen LogP contribution in [0.5, 0.6) is 0 Å². The SMILES string of the molecule is CC1NOC(C2CCC3C(CC[C@H]3NC(=O)C3NNC(C)O3)C2)N1. The first-order valence-electron chi connectivity index (χ1n) is 9.24.